The molecule has 4 heteroatoms. The van der Waals surface area contributed by atoms with Crippen molar-refractivity contribution < 1.29 is 9.84 Å². The lowest BCUT2D eigenvalue weighted by molar-refractivity contribution is 0.299. The number of aliphatic hydroxyl groups excluding tert-OH is 1. The zero-order valence-corrected chi connectivity index (χ0v) is 16.9. The molecule has 1 aromatic carbocycles. The predicted molar refractivity (Wildman–Crippen MR) is 108 cm³/mol. The first-order valence-electron chi connectivity index (χ1n) is 9.53. The van der Waals surface area contributed by atoms with Crippen molar-refractivity contribution >= 4 is 5.69 Å². The monoisotopic (exact) mass is 356 g/mol. The third-order valence-electron chi connectivity index (χ3n) is 4.82. The summed E-state index contributed by atoms with van der Waals surface area (Å²) in [6.07, 6.45) is 2.82. The molecule has 142 valence electrons. The van der Waals surface area contributed by atoms with Gasteiger partial charge in [0, 0.05) is 29.6 Å². The third kappa shape index (κ3) is 4.76. The molecule has 0 atom stereocenters. The van der Waals surface area contributed by atoms with E-state index in [1.807, 2.05) is 20.8 Å². The molecule has 0 aliphatic carbocycles. The SMILES string of the molecule is CCC(CC)Nc1cc(C)nc(Oc2c(C)cc(CCO)cc2C)c1C. The quantitative estimate of drug-likeness (QED) is 0.679. The summed E-state index contributed by atoms with van der Waals surface area (Å²) in [5.74, 6) is 1.50. The predicted octanol–water partition coefficient (Wildman–Crippen LogP) is 5.24. The number of pyridine rings is 1. The molecule has 0 aliphatic heterocycles. The maximum atomic E-state index is 9.17. The van der Waals surface area contributed by atoms with Crippen LogP contribution in [0.3, 0.4) is 0 Å². The van der Waals surface area contributed by atoms with Gasteiger partial charge in [-0.3, -0.25) is 0 Å². The van der Waals surface area contributed by atoms with E-state index in [1.165, 1.54) is 0 Å². The van der Waals surface area contributed by atoms with Gasteiger partial charge in [0.15, 0.2) is 0 Å². The second-order valence-electron chi connectivity index (χ2n) is 7.03. The molecule has 0 radical (unpaired) electrons. The topological polar surface area (TPSA) is 54.4 Å². The Morgan fingerprint density at radius 1 is 1.04 bits per heavy atom. The smallest absolute Gasteiger partial charge is 0.224 e. The molecule has 1 heterocycles. The Morgan fingerprint density at radius 3 is 2.19 bits per heavy atom. The Bertz CT molecular complexity index is 729. The summed E-state index contributed by atoms with van der Waals surface area (Å²) in [4.78, 5) is 4.63. The van der Waals surface area contributed by atoms with Crippen molar-refractivity contribution in [2.24, 2.45) is 0 Å². The van der Waals surface area contributed by atoms with E-state index in [2.05, 4.69) is 49.3 Å². The van der Waals surface area contributed by atoms with Crippen LogP contribution in [0, 0.1) is 27.7 Å². The van der Waals surface area contributed by atoms with Crippen molar-refractivity contribution in [1.82, 2.24) is 4.98 Å². The van der Waals surface area contributed by atoms with Gasteiger partial charge in [0.25, 0.3) is 0 Å². The number of hydrogen-bond donors (Lipinski definition) is 2. The summed E-state index contributed by atoms with van der Waals surface area (Å²) >= 11 is 0. The highest BCUT2D eigenvalue weighted by atomic mass is 16.5. The minimum absolute atomic E-state index is 0.155. The van der Waals surface area contributed by atoms with E-state index in [4.69, 9.17) is 9.84 Å². The van der Waals surface area contributed by atoms with Crippen LogP contribution in [0.1, 0.15) is 54.6 Å². The minimum Gasteiger partial charge on any atom is -0.438 e. The molecule has 0 spiro atoms. The summed E-state index contributed by atoms with van der Waals surface area (Å²) in [6, 6.07) is 6.69. The normalized spacial score (nSPS) is 11.1. The molecule has 4 nitrogen and oxygen atoms in total. The Hall–Kier alpha value is -2.07. The van der Waals surface area contributed by atoms with Gasteiger partial charge < -0.3 is 15.2 Å². The van der Waals surface area contributed by atoms with E-state index < -0.39 is 0 Å². The second kappa shape index (κ2) is 9.04. The first kappa shape index (κ1) is 20.2. The van der Waals surface area contributed by atoms with E-state index >= 15 is 0 Å². The maximum absolute atomic E-state index is 9.17. The zero-order valence-electron chi connectivity index (χ0n) is 16.9. The molecule has 2 rings (SSSR count). The lowest BCUT2D eigenvalue weighted by atomic mass is 10.0. The molecular formula is C22H32N2O2. The van der Waals surface area contributed by atoms with Crippen molar-refractivity contribution in [3.8, 4) is 11.6 Å². The number of benzene rings is 1. The van der Waals surface area contributed by atoms with Crippen molar-refractivity contribution in [3.63, 3.8) is 0 Å². The largest absolute Gasteiger partial charge is 0.438 e. The fourth-order valence-electron chi connectivity index (χ4n) is 3.24. The molecular weight excluding hydrogens is 324 g/mol. The fraction of sp³-hybridized carbons (Fsp3) is 0.500. The molecule has 1 aromatic heterocycles. The number of aliphatic hydroxyl groups is 1. The highest BCUT2D eigenvalue weighted by Gasteiger charge is 2.15. The van der Waals surface area contributed by atoms with E-state index in [9.17, 15) is 0 Å². The lowest BCUT2D eigenvalue weighted by Crippen LogP contribution is -2.18. The molecule has 2 aromatic rings. The van der Waals surface area contributed by atoms with Gasteiger partial charge >= 0.3 is 0 Å². The van der Waals surface area contributed by atoms with E-state index in [0.29, 0.717) is 18.3 Å². The first-order valence-corrected chi connectivity index (χ1v) is 9.53. The number of aromatic nitrogens is 1. The van der Waals surface area contributed by atoms with Crippen molar-refractivity contribution in [2.45, 2.75) is 66.8 Å². The Morgan fingerprint density at radius 2 is 1.65 bits per heavy atom. The van der Waals surface area contributed by atoms with Crippen LogP contribution < -0.4 is 10.1 Å². The van der Waals surface area contributed by atoms with E-state index in [1.54, 1.807) is 0 Å². The number of rotatable bonds is 8. The van der Waals surface area contributed by atoms with Gasteiger partial charge in [-0.2, -0.15) is 0 Å². The molecule has 0 saturated heterocycles. The van der Waals surface area contributed by atoms with Crippen LogP contribution >= 0.6 is 0 Å². The Labute approximate surface area is 157 Å². The van der Waals surface area contributed by atoms with E-state index in [-0.39, 0.29) is 6.61 Å². The standard InChI is InChI=1S/C22H32N2O2/c1-7-19(8-2)24-20-13-16(5)23-22(17(20)6)26-21-14(3)11-18(9-10-25)12-15(21)4/h11-13,19,25H,7-10H2,1-6H3,(H,23,24). The van der Waals surface area contributed by atoms with Gasteiger partial charge in [0.1, 0.15) is 5.75 Å². The Balaban J connectivity index is 2.37. The average molecular weight is 357 g/mol. The molecule has 0 saturated carbocycles. The number of ether oxygens (including phenoxy) is 1. The molecule has 0 bridgehead atoms. The van der Waals surface area contributed by atoms with Crippen molar-refractivity contribution in [1.29, 1.82) is 0 Å². The molecule has 2 N–H and O–H groups in total. The van der Waals surface area contributed by atoms with Crippen molar-refractivity contribution in [3.05, 3.63) is 46.1 Å². The van der Waals surface area contributed by atoms with Gasteiger partial charge in [-0.05, 0) is 69.7 Å². The zero-order chi connectivity index (χ0) is 19.3. The van der Waals surface area contributed by atoms with Crippen LogP contribution in [0.4, 0.5) is 5.69 Å². The molecule has 0 fully saturated rings. The van der Waals surface area contributed by atoms with Crippen LogP contribution in [-0.2, 0) is 6.42 Å². The number of nitrogens with zero attached hydrogens (tertiary/aromatic N) is 1. The average Bonchev–Trinajstić information content (AvgIpc) is 2.59. The summed E-state index contributed by atoms with van der Waals surface area (Å²) in [7, 11) is 0. The minimum atomic E-state index is 0.155. The lowest BCUT2D eigenvalue weighted by Gasteiger charge is -2.21. The van der Waals surface area contributed by atoms with Gasteiger partial charge in [0.2, 0.25) is 5.88 Å². The summed E-state index contributed by atoms with van der Waals surface area (Å²) < 4.78 is 6.26. The first-order chi connectivity index (χ1) is 12.4. The maximum Gasteiger partial charge on any atom is 0.224 e. The summed E-state index contributed by atoms with van der Waals surface area (Å²) in [5, 5.41) is 12.8. The molecule has 26 heavy (non-hydrogen) atoms. The van der Waals surface area contributed by atoms with Crippen LogP contribution in [0.2, 0.25) is 0 Å². The fourth-order valence-corrected chi connectivity index (χ4v) is 3.24. The van der Waals surface area contributed by atoms with E-state index in [0.717, 1.165) is 52.2 Å². The Kier molecular flexibility index (Phi) is 7.04. The highest BCUT2D eigenvalue weighted by molar-refractivity contribution is 5.57. The van der Waals surface area contributed by atoms with Crippen molar-refractivity contribution in [2.75, 3.05) is 11.9 Å². The van der Waals surface area contributed by atoms with Crippen LogP contribution in [0.15, 0.2) is 18.2 Å². The molecule has 0 unspecified atom stereocenters. The van der Waals surface area contributed by atoms with Gasteiger partial charge in [-0.1, -0.05) is 26.0 Å². The highest BCUT2D eigenvalue weighted by Crippen LogP contribution is 2.33. The van der Waals surface area contributed by atoms with Gasteiger partial charge in [-0.15, -0.1) is 0 Å². The van der Waals surface area contributed by atoms with Crippen LogP contribution in [0.5, 0.6) is 11.6 Å². The number of hydrogen-bond acceptors (Lipinski definition) is 4. The van der Waals surface area contributed by atoms with Crippen LogP contribution in [-0.4, -0.2) is 22.7 Å². The van der Waals surface area contributed by atoms with Gasteiger partial charge in [0.05, 0.1) is 0 Å². The molecule has 0 amide bonds. The van der Waals surface area contributed by atoms with Gasteiger partial charge in [-0.25, -0.2) is 4.98 Å². The number of aryl methyl sites for hydroxylation is 3. The molecule has 0 aliphatic rings. The summed E-state index contributed by atoms with van der Waals surface area (Å²) in [5.41, 5.74) is 6.30. The second-order valence-corrected chi connectivity index (χ2v) is 7.03. The number of anilines is 1. The third-order valence-corrected chi connectivity index (χ3v) is 4.82. The number of nitrogens with one attached hydrogen (secondary N) is 1. The summed E-state index contributed by atoms with van der Waals surface area (Å²) in [6.45, 7) is 12.7. The van der Waals surface area contributed by atoms with Crippen LogP contribution in [0.25, 0.3) is 0 Å².